The predicted molar refractivity (Wildman–Crippen MR) is 70.7 cm³/mol. The van der Waals surface area contributed by atoms with Crippen LogP contribution in [-0.2, 0) is 0 Å². The normalized spacial score (nSPS) is 12.4. The summed E-state index contributed by atoms with van der Waals surface area (Å²) < 4.78 is 5.06. The Kier molecular flexibility index (Phi) is 3.66. The van der Waals surface area contributed by atoms with Crippen molar-refractivity contribution in [2.45, 2.75) is 19.8 Å². The highest BCUT2D eigenvalue weighted by molar-refractivity contribution is 6.00. The number of aliphatic hydroxyl groups is 1. The quantitative estimate of drug-likeness (QED) is 0.877. The Bertz CT molecular complexity index is 604. The third-order valence-electron chi connectivity index (χ3n) is 3.05. The van der Waals surface area contributed by atoms with Gasteiger partial charge in [-0.2, -0.15) is 0 Å². The Morgan fingerprint density at radius 3 is 2.79 bits per heavy atom. The SMILES string of the molecule is Cc1cc(-c2c(C(N)=O)cccc2[C@H](C)CO)no1. The maximum absolute atomic E-state index is 11.6. The zero-order chi connectivity index (χ0) is 14.0. The Balaban J connectivity index is 2.69. The van der Waals surface area contributed by atoms with Gasteiger partial charge in [0.15, 0.2) is 0 Å². The molecular formula is C14H16N2O3. The van der Waals surface area contributed by atoms with E-state index in [1.807, 2.05) is 13.0 Å². The molecule has 0 saturated carbocycles. The molecule has 0 bridgehead atoms. The highest BCUT2D eigenvalue weighted by Gasteiger charge is 2.20. The van der Waals surface area contributed by atoms with Gasteiger partial charge in [0.1, 0.15) is 11.5 Å². The lowest BCUT2D eigenvalue weighted by Crippen LogP contribution is -2.14. The van der Waals surface area contributed by atoms with Crippen LogP contribution in [0.1, 0.15) is 34.5 Å². The van der Waals surface area contributed by atoms with Crippen LogP contribution in [0, 0.1) is 6.92 Å². The number of hydrogen-bond donors (Lipinski definition) is 2. The van der Waals surface area contributed by atoms with Crippen LogP contribution in [0.5, 0.6) is 0 Å². The molecule has 1 heterocycles. The second-order valence-corrected chi connectivity index (χ2v) is 4.54. The van der Waals surface area contributed by atoms with Gasteiger partial charge in [0, 0.05) is 29.7 Å². The van der Waals surface area contributed by atoms with Crippen LogP contribution in [0.4, 0.5) is 0 Å². The van der Waals surface area contributed by atoms with Crippen LogP contribution >= 0.6 is 0 Å². The Hall–Kier alpha value is -2.14. The molecule has 0 aliphatic rings. The van der Waals surface area contributed by atoms with Crippen molar-refractivity contribution in [1.82, 2.24) is 5.16 Å². The average Bonchev–Trinajstić information content (AvgIpc) is 2.83. The van der Waals surface area contributed by atoms with Crippen LogP contribution in [0.25, 0.3) is 11.3 Å². The third-order valence-corrected chi connectivity index (χ3v) is 3.05. The number of amides is 1. The van der Waals surface area contributed by atoms with E-state index in [4.69, 9.17) is 10.3 Å². The molecule has 0 unspecified atom stereocenters. The molecule has 5 heteroatoms. The first-order chi connectivity index (χ1) is 9.04. The molecule has 2 aromatic rings. The molecule has 1 aromatic carbocycles. The monoisotopic (exact) mass is 260 g/mol. The van der Waals surface area contributed by atoms with Crippen LogP contribution < -0.4 is 5.73 Å². The van der Waals surface area contributed by atoms with Crippen molar-refractivity contribution < 1.29 is 14.4 Å². The fraction of sp³-hybridized carbons (Fsp3) is 0.286. The summed E-state index contributed by atoms with van der Waals surface area (Å²) in [6, 6.07) is 7.00. The lowest BCUT2D eigenvalue weighted by molar-refractivity contribution is 0.100. The number of carbonyl (C=O) groups is 1. The summed E-state index contributed by atoms with van der Waals surface area (Å²) in [5.74, 6) is 0.00539. The van der Waals surface area contributed by atoms with Crippen LogP contribution in [0.15, 0.2) is 28.8 Å². The molecule has 100 valence electrons. The fourth-order valence-electron chi connectivity index (χ4n) is 2.05. The number of carbonyl (C=O) groups excluding carboxylic acids is 1. The molecule has 0 spiro atoms. The van der Waals surface area contributed by atoms with Gasteiger partial charge in [-0.3, -0.25) is 4.79 Å². The molecule has 0 saturated heterocycles. The number of primary amides is 1. The van der Waals surface area contributed by atoms with Crippen LogP contribution in [-0.4, -0.2) is 22.8 Å². The molecule has 5 nitrogen and oxygen atoms in total. The van der Waals surface area contributed by atoms with Crippen LogP contribution in [0.3, 0.4) is 0 Å². The number of aryl methyl sites for hydroxylation is 1. The summed E-state index contributed by atoms with van der Waals surface area (Å²) in [5, 5.41) is 13.3. The fourth-order valence-corrected chi connectivity index (χ4v) is 2.05. The highest BCUT2D eigenvalue weighted by Crippen LogP contribution is 2.32. The van der Waals surface area contributed by atoms with E-state index in [1.54, 1.807) is 25.1 Å². The maximum Gasteiger partial charge on any atom is 0.249 e. The summed E-state index contributed by atoms with van der Waals surface area (Å²) in [7, 11) is 0. The number of benzene rings is 1. The molecule has 1 amide bonds. The largest absolute Gasteiger partial charge is 0.396 e. The van der Waals surface area contributed by atoms with Gasteiger partial charge in [-0.05, 0) is 18.6 Å². The van der Waals surface area contributed by atoms with Crippen LogP contribution in [0.2, 0.25) is 0 Å². The minimum absolute atomic E-state index is 0.0218. The van der Waals surface area contributed by atoms with Gasteiger partial charge in [-0.25, -0.2) is 0 Å². The van der Waals surface area contributed by atoms with Gasteiger partial charge in [0.25, 0.3) is 0 Å². The van der Waals surface area contributed by atoms with Gasteiger partial charge in [-0.15, -0.1) is 0 Å². The van der Waals surface area contributed by atoms with Crippen molar-refractivity contribution >= 4 is 5.91 Å². The smallest absolute Gasteiger partial charge is 0.249 e. The van der Waals surface area contributed by atoms with Crippen molar-refractivity contribution in [2.24, 2.45) is 5.73 Å². The van der Waals surface area contributed by atoms with E-state index >= 15 is 0 Å². The number of aliphatic hydroxyl groups excluding tert-OH is 1. The zero-order valence-electron chi connectivity index (χ0n) is 10.9. The number of rotatable bonds is 4. The van der Waals surface area contributed by atoms with E-state index in [0.717, 1.165) is 5.56 Å². The van der Waals surface area contributed by atoms with Gasteiger partial charge < -0.3 is 15.4 Å². The molecule has 1 atom stereocenters. The lowest BCUT2D eigenvalue weighted by Gasteiger charge is -2.15. The molecule has 2 rings (SSSR count). The first-order valence-electron chi connectivity index (χ1n) is 6.01. The number of aromatic nitrogens is 1. The Labute approximate surface area is 111 Å². The second-order valence-electron chi connectivity index (χ2n) is 4.54. The number of nitrogens with zero attached hydrogens (tertiary/aromatic N) is 1. The molecule has 0 fully saturated rings. The number of hydrogen-bond acceptors (Lipinski definition) is 4. The summed E-state index contributed by atoms with van der Waals surface area (Å²) in [6.45, 7) is 3.63. The second kappa shape index (κ2) is 5.24. The standard InChI is InChI=1S/C14H16N2O3/c1-8(7-17)10-4-3-5-11(14(15)18)13(10)12-6-9(2)19-16-12/h3-6,8,17H,7H2,1-2H3,(H2,15,18)/t8-/m1/s1. The topological polar surface area (TPSA) is 89.4 Å². The van der Waals surface area contributed by atoms with Crippen molar-refractivity contribution in [3.05, 3.63) is 41.2 Å². The Morgan fingerprint density at radius 2 is 2.26 bits per heavy atom. The first kappa shape index (κ1) is 13.3. The van der Waals surface area contributed by atoms with E-state index in [0.29, 0.717) is 22.6 Å². The van der Waals surface area contributed by atoms with Crippen molar-refractivity contribution in [3.63, 3.8) is 0 Å². The highest BCUT2D eigenvalue weighted by atomic mass is 16.5. The van der Waals surface area contributed by atoms with E-state index in [2.05, 4.69) is 5.16 Å². The van der Waals surface area contributed by atoms with Gasteiger partial charge in [-0.1, -0.05) is 24.2 Å². The maximum atomic E-state index is 11.6. The lowest BCUT2D eigenvalue weighted by atomic mass is 9.90. The molecule has 0 aliphatic heterocycles. The molecule has 3 N–H and O–H groups in total. The molecule has 0 aliphatic carbocycles. The summed E-state index contributed by atoms with van der Waals surface area (Å²) in [5.41, 5.74) is 7.81. The van der Waals surface area contributed by atoms with Gasteiger partial charge >= 0.3 is 0 Å². The van der Waals surface area contributed by atoms with E-state index in [-0.39, 0.29) is 12.5 Å². The molecule has 1 aromatic heterocycles. The summed E-state index contributed by atoms with van der Waals surface area (Å²) in [4.78, 5) is 11.6. The minimum Gasteiger partial charge on any atom is -0.396 e. The van der Waals surface area contributed by atoms with Gasteiger partial charge in [0.2, 0.25) is 5.91 Å². The summed E-state index contributed by atoms with van der Waals surface area (Å²) in [6.07, 6.45) is 0. The first-order valence-corrected chi connectivity index (χ1v) is 6.01. The van der Waals surface area contributed by atoms with E-state index in [1.165, 1.54) is 0 Å². The molecule has 0 radical (unpaired) electrons. The Morgan fingerprint density at radius 1 is 1.53 bits per heavy atom. The predicted octanol–water partition coefficient (Wildman–Crippen LogP) is 1.84. The average molecular weight is 260 g/mol. The molecule has 19 heavy (non-hydrogen) atoms. The minimum atomic E-state index is -0.525. The van der Waals surface area contributed by atoms with E-state index < -0.39 is 5.91 Å². The van der Waals surface area contributed by atoms with Crippen molar-refractivity contribution in [2.75, 3.05) is 6.61 Å². The molecular weight excluding hydrogens is 244 g/mol. The van der Waals surface area contributed by atoms with Crippen molar-refractivity contribution in [1.29, 1.82) is 0 Å². The van der Waals surface area contributed by atoms with E-state index in [9.17, 15) is 9.90 Å². The number of nitrogens with two attached hydrogens (primary N) is 1. The third kappa shape index (κ3) is 2.51. The van der Waals surface area contributed by atoms with Gasteiger partial charge in [0.05, 0.1) is 0 Å². The van der Waals surface area contributed by atoms with Crippen molar-refractivity contribution in [3.8, 4) is 11.3 Å². The zero-order valence-corrected chi connectivity index (χ0v) is 10.9. The summed E-state index contributed by atoms with van der Waals surface area (Å²) >= 11 is 0.